The number of benzene rings is 2. The number of hydrogen-bond acceptors (Lipinski definition) is 6. The Hall–Kier alpha value is -1.91. The Morgan fingerprint density at radius 1 is 1.03 bits per heavy atom. The van der Waals surface area contributed by atoms with Gasteiger partial charge in [-0.3, -0.25) is 15.0 Å². The highest BCUT2D eigenvalue weighted by Crippen LogP contribution is 2.37. The van der Waals surface area contributed by atoms with Gasteiger partial charge in [0.25, 0.3) is 5.69 Å². The van der Waals surface area contributed by atoms with E-state index in [1.165, 1.54) is 34.6 Å². The molecule has 11 heteroatoms. The number of non-ortho nitro benzene ring substituents is 1. The Morgan fingerprint density at radius 3 is 2.35 bits per heavy atom. The third-order valence-electron chi connectivity index (χ3n) is 5.60. The minimum absolute atomic E-state index is 0.0199. The van der Waals surface area contributed by atoms with E-state index < -0.39 is 14.9 Å². The average molecular weight is 486 g/mol. The Balaban J connectivity index is 1.67. The van der Waals surface area contributed by atoms with Crippen molar-refractivity contribution < 1.29 is 18.1 Å². The first-order valence-electron chi connectivity index (χ1n) is 9.90. The van der Waals surface area contributed by atoms with Crippen LogP contribution in [-0.2, 0) is 10.0 Å². The highest BCUT2D eigenvalue weighted by atomic mass is 35.5. The van der Waals surface area contributed by atoms with Gasteiger partial charge >= 0.3 is 0 Å². The van der Waals surface area contributed by atoms with Gasteiger partial charge in [-0.05, 0) is 56.6 Å². The molecule has 0 spiro atoms. The summed E-state index contributed by atoms with van der Waals surface area (Å²) >= 11 is 12.0. The van der Waals surface area contributed by atoms with Crippen molar-refractivity contribution in [1.82, 2.24) is 9.21 Å². The summed E-state index contributed by atoms with van der Waals surface area (Å²) < 4.78 is 34.1. The minimum atomic E-state index is -4.02. The Morgan fingerprint density at radius 2 is 1.71 bits per heavy atom. The van der Waals surface area contributed by atoms with Gasteiger partial charge < -0.3 is 4.74 Å². The summed E-state index contributed by atoms with van der Waals surface area (Å²) in [5.74, 6) is 0.215. The summed E-state index contributed by atoms with van der Waals surface area (Å²) in [6.45, 7) is 2.65. The molecule has 2 aliphatic rings. The fourth-order valence-electron chi connectivity index (χ4n) is 4.08. The van der Waals surface area contributed by atoms with Crippen molar-refractivity contribution in [3.8, 4) is 11.5 Å². The smallest absolute Gasteiger partial charge is 0.271 e. The van der Waals surface area contributed by atoms with Crippen LogP contribution >= 0.6 is 23.2 Å². The van der Waals surface area contributed by atoms with E-state index in [0.717, 1.165) is 38.4 Å². The molecule has 2 heterocycles. The molecule has 0 aliphatic carbocycles. The highest BCUT2D eigenvalue weighted by Gasteiger charge is 2.38. The molecule has 166 valence electrons. The van der Waals surface area contributed by atoms with Crippen LogP contribution in [0.2, 0.25) is 10.0 Å². The topological polar surface area (TPSA) is 93.0 Å². The molecular weight excluding hydrogens is 465 g/mol. The van der Waals surface area contributed by atoms with E-state index in [4.69, 9.17) is 27.9 Å². The number of ether oxygens (including phenoxy) is 1. The lowest BCUT2D eigenvalue weighted by Gasteiger charge is -2.24. The van der Waals surface area contributed by atoms with Gasteiger partial charge in [0.15, 0.2) is 0 Å². The Kier molecular flexibility index (Phi) is 6.41. The van der Waals surface area contributed by atoms with Crippen LogP contribution in [0.15, 0.2) is 41.3 Å². The molecular formula is C20H21Cl2N3O5S. The summed E-state index contributed by atoms with van der Waals surface area (Å²) in [6.07, 6.45) is 2.97. The molecule has 0 unspecified atom stereocenters. The zero-order valence-electron chi connectivity index (χ0n) is 16.5. The maximum atomic E-state index is 13.5. The van der Waals surface area contributed by atoms with Gasteiger partial charge in [-0.15, -0.1) is 0 Å². The van der Waals surface area contributed by atoms with Crippen molar-refractivity contribution in [3.63, 3.8) is 0 Å². The van der Waals surface area contributed by atoms with E-state index in [1.54, 1.807) is 0 Å². The standard InChI is InChI=1S/C20H21Cl2N3O5S/c21-14-9-15(22)11-18(10-14)30-19-4-3-16(25(26)27)12-20(19)31(28,29)24-8-5-17(13-24)23-6-1-2-7-23/h3-4,9-12,17H,1-2,5-8,13H2/t17-/m1/s1. The van der Waals surface area contributed by atoms with Crippen molar-refractivity contribution in [2.24, 2.45) is 0 Å². The number of sulfonamides is 1. The van der Waals surface area contributed by atoms with Crippen LogP contribution in [0.4, 0.5) is 5.69 Å². The molecule has 0 N–H and O–H groups in total. The van der Waals surface area contributed by atoms with Crippen LogP contribution in [0.5, 0.6) is 11.5 Å². The van der Waals surface area contributed by atoms with Crippen molar-refractivity contribution >= 4 is 38.9 Å². The lowest BCUT2D eigenvalue weighted by molar-refractivity contribution is -0.385. The fraction of sp³-hybridized carbons (Fsp3) is 0.400. The number of nitrogens with zero attached hydrogens (tertiary/aromatic N) is 3. The van der Waals surface area contributed by atoms with E-state index in [1.807, 2.05) is 0 Å². The zero-order valence-corrected chi connectivity index (χ0v) is 18.9. The normalized spacial score (nSPS) is 20.3. The predicted molar refractivity (Wildman–Crippen MR) is 118 cm³/mol. The molecule has 4 rings (SSSR count). The maximum absolute atomic E-state index is 13.5. The van der Waals surface area contributed by atoms with Crippen molar-refractivity contribution in [2.45, 2.75) is 30.2 Å². The third-order valence-corrected chi connectivity index (χ3v) is 7.93. The van der Waals surface area contributed by atoms with Gasteiger partial charge in [-0.1, -0.05) is 23.2 Å². The van der Waals surface area contributed by atoms with Gasteiger partial charge in [0.05, 0.1) is 4.92 Å². The number of likely N-dealkylation sites (tertiary alicyclic amines) is 1. The zero-order chi connectivity index (χ0) is 22.2. The van der Waals surface area contributed by atoms with Gasteiger partial charge in [-0.25, -0.2) is 8.42 Å². The van der Waals surface area contributed by atoms with Crippen LogP contribution in [-0.4, -0.2) is 54.8 Å². The molecule has 0 amide bonds. The first-order valence-corrected chi connectivity index (χ1v) is 12.1. The number of nitro groups is 1. The second kappa shape index (κ2) is 8.91. The Labute approximate surface area is 190 Å². The van der Waals surface area contributed by atoms with E-state index in [2.05, 4.69) is 4.90 Å². The number of halogens is 2. The van der Waals surface area contributed by atoms with Crippen LogP contribution < -0.4 is 4.74 Å². The van der Waals surface area contributed by atoms with E-state index in [9.17, 15) is 18.5 Å². The van der Waals surface area contributed by atoms with Crippen LogP contribution in [0, 0.1) is 10.1 Å². The first-order chi connectivity index (χ1) is 14.7. The molecule has 0 radical (unpaired) electrons. The van der Waals surface area contributed by atoms with Gasteiger partial charge in [0, 0.05) is 41.3 Å². The molecule has 2 saturated heterocycles. The SMILES string of the molecule is O=[N+]([O-])c1ccc(Oc2cc(Cl)cc(Cl)c2)c(S(=O)(=O)N2CC[C@@H](N3CCCC3)C2)c1. The van der Waals surface area contributed by atoms with Crippen molar-refractivity contribution in [2.75, 3.05) is 26.2 Å². The summed E-state index contributed by atoms with van der Waals surface area (Å²) in [7, 11) is -4.02. The number of nitro benzene ring substituents is 1. The number of hydrogen-bond donors (Lipinski definition) is 0. The molecule has 8 nitrogen and oxygen atoms in total. The van der Waals surface area contributed by atoms with Gasteiger partial charge in [-0.2, -0.15) is 4.31 Å². The van der Waals surface area contributed by atoms with E-state index >= 15 is 0 Å². The largest absolute Gasteiger partial charge is 0.456 e. The lowest BCUT2D eigenvalue weighted by Crippen LogP contribution is -2.37. The summed E-state index contributed by atoms with van der Waals surface area (Å²) in [6, 6.07) is 8.19. The van der Waals surface area contributed by atoms with E-state index in [0.29, 0.717) is 23.1 Å². The Bertz CT molecular complexity index is 1090. The molecule has 0 aromatic heterocycles. The summed E-state index contributed by atoms with van der Waals surface area (Å²) in [5.41, 5.74) is -0.328. The molecule has 31 heavy (non-hydrogen) atoms. The lowest BCUT2D eigenvalue weighted by atomic mass is 10.2. The highest BCUT2D eigenvalue weighted by molar-refractivity contribution is 7.89. The molecule has 2 fully saturated rings. The number of rotatable bonds is 6. The fourth-order valence-corrected chi connectivity index (χ4v) is 6.22. The predicted octanol–water partition coefficient (Wildman–Crippen LogP) is 4.55. The van der Waals surface area contributed by atoms with Crippen LogP contribution in [0.25, 0.3) is 0 Å². The van der Waals surface area contributed by atoms with Crippen LogP contribution in [0.1, 0.15) is 19.3 Å². The second-order valence-electron chi connectivity index (χ2n) is 7.64. The molecule has 0 saturated carbocycles. The average Bonchev–Trinajstić information content (AvgIpc) is 3.39. The quantitative estimate of drug-likeness (QED) is 0.439. The van der Waals surface area contributed by atoms with Crippen molar-refractivity contribution in [1.29, 1.82) is 0 Å². The van der Waals surface area contributed by atoms with Gasteiger partial charge in [0.2, 0.25) is 10.0 Å². The van der Waals surface area contributed by atoms with E-state index in [-0.39, 0.29) is 28.1 Å². The molecule has 2 aliphatic heterocycles. The molecule has 2 aromatic carbocycles. The second-order valence-corrected chi connectivity index (χ2v) is 10.4. The van der Waals surface area contributed by atoms with Crippen LogP contribution in [0.3, 0.4) is 0 Å². The maximum Gasteiger partial charge on any atom is 0.271 e. The summed E-state index contributed by atoms with van der Waals surface area (Å²) in [4.78, 5) is 12.7. The van der Waals surface area contributed by atoms with Gasteiger partial charge in [0.1, 0.15) is 16.4 Å². The molecule has 1 atom stereocenters. The molecule has 0 bridgehead atoms. The minimum Gasteiger partial charge on any atom is -0.456 e. The van der Waals surface area contributed by atoms with Crippen molar-refractivity contribution in [3.05, 3.63) is 56.6 Å². The monoisotopic (exact) mass is 485 g/mol. The summed E-state index contributed by atoms with van der Waals surface area (Å²) in [5, 5.41) is 11.9. The first kappa shape index (κ1) is 22.3. The third kappa shape index (κ3) is 4.80. The molecule has 2 aromatic rings.